The lowest BCUT2D eigenvalue weighted by atomic mass is 9.84. The second kappa shape index (κ2) is 6.87. The molecule has 27 heavy (non-hydrogen) atoms. The molecule has 144 valence electrons. The molecule has 1 heterocycles. The SMILES string of the molecule is C[C@@H]1Oc2ccccc2N(CCC(=O)N[C@H]2[C@H]3CC[C@@H](C3)[C@H]2C(=O)O)C1=O. The third-order valence-electron chi connectivity index (χ3n) is 6.17. The van der Waals surface area contributed by atoms with Gasteiger partial charge in [0.15, 0.2) is 6.10 Å². The van der Waals surface area contributed by atoms with Gasteiger partial charge in [0.05, 0.1) is 11.6 Å². The first-order valence-corrected chi connectivity index (χ1v) is 9.55. The van der Waals surface area contributed by atoms with Gasteiger partial charge in [-0.3, -0.25) is 14.4 Å². The first kappa shape index (κ1) is 17.8. The molecule has 7 heteroatoms. The molecule has 2 N–H and O–H groups in total. The molecule has 1 aliphatic heterocycles. The highest BCUT2D eigenvalue weighted by atomic mass is 16.5. The molecule has 2 bridgehead atoms. The van der Waals surface area contributed by atoms with E-state index < -0.39 is 18.0 Å². The minimum absolute atomic E-state index is 0.132. The second-order valence-corrected chi connectivity index (χ2v) is 7.76. The van der Waals surface area contributed by atoms with Crippen molar-refractivity contribution < 1.29 is 24.2 Å². The van der Waals surface area contributed by atoms with Crippen LogP contribution >= 0.6 is 0 Å². The standard InChI is InChI=1S/C20H24N2O5/c1-11-19(24)22(14-4-2-3-5-15(14)27-11)9-8-16(23)21-18-13-7-6-12(10-13)17(18)20(25)26/h2-5,11-13,17-18H,6-10H2,1H3,(H,21,23)(H,25,26)/t11-,12-,13-,17+,18-/m0/s1. The van der Waals surface area contributed by atoms with Crippen molar-refractivity contribution in [3.8, 4) is 5.75 Å². The zero-order valence-electron chi connectivity index (χ0n) is 15.3. The van der Waals surface area contributed by atoms with Crippen molar-refractivity contribution in [2.75, 3.05) is 11.4 Å². The molecular weight excluding hydrogens is 348 g/mol. The average molecular weight is 372 g/mol. The number of rotatable bonds is 5. The van der Waals surface area contributed by atoms with Gasteiger partial charge in [-0.2, -0.15) is 0 Å². The van der Waals surface area contributed by atoms with Gasteiger partial charge >= 0.3 is 5.97 Å². The van der Waals surface area contributed by atoms with Gasteiger partial charge in [0.1, 0.15) is 5.75 Å². The zero-order chi connectivity index (χ0) is 19.1. The fourth-order valence-corrected chi connectivity index (χ4v) is 4.92. The first-order valence-electron chi connectivity index (χ1n) is 9.55. The molecule has 4 rings (SSSR count). The summed E-state index contributed by atoms with van der Waals surface area (Å²) in [5, 5.41) is 12.4. The Kier molecular flexibility index (Phi) is 4.53. The third kappa shape index (κ3) is 3.15. The number of ether oxygens (including phenoxy) is 1. The molecule has 0 saturated heterocycles. The van der Waals surface area contributed by atoms with E-state index in [4.69, 9.17) is 4.74 Å². The Morgan fingerprint density at radius 2 is 2.00 bits per heavy atom. The lowest BCUT2D eigenvalue weighted by Crippen LogP contribution is -2.49. The molecule has 2 saturated carbocycles. The molecule has 5 atom stereocenters. The Hall–Kier alpha value is -2.57. The summed E-state index contributed by atoms with van der Waals surface area (Å²) in [6, 6.07) is 6.98. The molecular formula is C20H24N2O5. The number of hydrogen-bond acceptors (Lipinski definition) is 4. The van der Waals surface area contributed by atoms with Gasteiger partial charge in [-0.15, -0.1) is 0 Å². The highest BCUT2D eigenvalue weighted by Crippen LogP contribution is 2.48. The van der Waals surface area contributed by atoms with E-state index in [0.29, 0.717) is 11.4 Å². The van der Waals surface area contributed by atoms with Gasteiger partial charge in [-0.05, 0) is 50.2 Å². The summed E-state index contributed by atoms with van der Waals surface area (Å²) in [6.07, 6.45) is 2.34. The van der Waals surface area contributed by atoms with Crippen LogP contribution in [-0.4, -0.2) is 41.6 Å². The molecule has 1 aromatic rings. The van der Waals surface area contributed by atoms with Crippen LogP contribution in [0.15, 0.2) is 24.3 Å². The summed E-state index contributed by atoms with van der Waals surface area (Å²) >= 11 is 0. The third-order valence-corrected chi connectivity index (χ3v) is 6.17. The van der Waals surface area contributed by atoms with E-state index in [1.807, 2.05) is 12.1 Å². The van der Waals surface area contributed by atoms with Crippen LogP contribution in [0.2, 0.25) is 0 Å². The summed E-state index contributed by atoms with van der Waals surface area (Å²) in [5.74, 6) is -0.633. The largest absolute Gasteiger partial charge is 0.481 e. The van der Waals surface area contributed by atoms with E-state index >= 15 is 0 Å². The smallest absolute Gasteiger partial charge is 0.308 e. The Morgan fingerprint density at radius 3 is 2.78 bits per heavy atom. The highest BCUT2D eigenvalue weighted by Gasteiger charge is 2.51. The van der Waals surface area contributed by atoms with E-state index in [2.05, 4.69) is 5.32 Å². The maximum atomic E-state index is 12.5. The average Bonchev–Trinajstić information content (AvgIpc) is 3.23. The number of carbonyl (C=O) groups excluding carboxylic acids is 2. The van der Waals surface area contributed by atoms with Gasteiger partial charge in [0, 0.05) is 19.0 Å². The van der Waals surface area contributed by atoms with Gasteiger partial charge < -0.3 is 20.1 Å². The number of aliphatic carboxylic acids is 1. The van der Waals surface area contributed by atoms with Crippen LogP contribution < -0.4 is 15.0 Å². The fraction of sp³-hybridized carbons (Fsp3) is 0.550. The predicted molar refractivity (Wildman–Crippen MR) is 97.4 cm³/mol. The number of carboxylic acid groups (broad SMARTS) is 1. The molecule has 3 aliphatic rings. The molecule has 7 nitrogen and oxygen atoms in total. The van der Waals surface area contributed by atoms with Crippen LogP contribution in [0.1, 0.15) is 32.6 Å². The van der Waals surface area contributed by atoms with E-state index in [9.17, 15) is 19.5 Å². The van der Waals surface area contributed by atoms with Crippen molar-refractivity contribution in [1.29, 1.82) is 0 Å². The van der Waals surface area contributed by atoms with Gasteiger partial charge in [-0.25, -0.2) is 0 Å². The van der Waals surface area contributed by atoms with Gasteiger partial charge in [0.25, 0.3) is 5.91 Å². The molecule has 0 spiro atoms. The van der Waals surface area contributed by atoms with E-state index in [-0.39, 0.29) is 42.7 Å². The molecule has 2 amide bonds. The van der Waals surface area contributed by atoms with Crippen molar-refractivity contribution in [2.24, 2.45) is 17.8 Å². The molecule has 2 fully saturated rings. The Balaban J connectivity index is 1.41. The number of nitrogens with one attached hydrogen (secondary N) is 1. The number of hydrogen-bond donors (Lipinski definition) is 2. The van der Waals surface area contributed by atoms with E-state index in [1.165, 1.54) is 0 Å². The van der Waals surface area contributed by atoms with E-state index in [1.54, 1.807) is 24.0 Å². The fourth-order valence-electron chi connectivity index (χ4n) is 4.92. The molecule has 0 radical (unpaired) electrons. The minimum Gasteiger partial charge on any atom is -0.481 e. The summed E-state index contributed by atoms with van der Waals surface area (Å²) in [5.41, 5.74) is 0.664. The Labute approximate surface area is 157 Å². The maximum Gasteiger partial charge on any atom is 0.308 e. The second-order valence-electron chi connectivity index (χ2n) is 7.76. The van der Waals surface area contributed by atoms with Gasteiger partial charge in [-0.1, -0.05) is 12.1 Å². The van der Waals surface area contributed by atoms with Gasteiger partial charge in [0.2, 0.25) is 5.91 Å². The van der Waals surface area contributed by atoms with Crippen LogP contribution in [0, 0.1) is 17.8 Å². The molecule has 0 unspecified atom stereocenters. The number of amides is 2. The highest BCUT2D eigenvalue weighted by molar-refractivity contribution is 6.00. The quantitative estimate of drug-likeness (QED) is 0.822. The summed E-state index contributed by atoms with van der Waals surface area (Å²) in [7, 11) is 0. The van der Waals surface area contributed by atoms with E-state index in [0.717, 1.165) is 19.3 Å². The summed E-state index contributed by atoms with van der Waals surface area (Å²) < 4.78 is 5.61. The van der Waals surface area contributed by atoms with Crippen molar-refractivity contribution in [3.63, 3.8) is 0 Å². The molecule has 1 aromatic carbocycles. The normalized spacial score (nSPS) is 31.4. The number of nitrogens with zero attached hydrogens (tertiary/aromatic N) is 1. The van der Waals surface area contributed by atoms with Crippen molar-refractivity contribution in [2.45, 2.75) is 44.8 Å². The lowest BCUT2D eigenvalue weighted by Gasteiger charge is -2.33. The zero-order valence-corrected chi connectivity index (χ0v) is 15.3. The summed E-state index contributed by atoms with van der Waals surface area (Å²) in [6.45, 7) is 1.94. The maximum absolute atomic E-state index is 12.5. The number of benzene rings is 1. The van der Waals surface area contributed by atoms with Crippen LogP contribution in [-0.2, 0) is 14.4 Å². The van der Waals surface area contributed by atoms with Crippen LogP contribution in [0.5, 0.6) is 5.75 Å². The number of anilines is 1. The number of fused-ring (bicyclic) bond motifs is 3. The van der Waals surface area contributed by atoms with Crippen molar-refractivity contribution in [3.05, 3.63) is 24.3 Å². The van der Waals surface area contributed by atoms with Crippen LogP contribution in [0.4, 0.5) is 5.69 Å². The topological polar surface area (TPSA) is 95.9 Å². The Bertz CT molecular complexity index is 779. The van der Waals surface area contributed by atoms with Crippen molar-refractivity contribution in [1.82, 2.24) is 5.32 Å². The van der Waals surface area contributed by atoms with Crippen molar-refractivity contribution >= 4 is 23.5 Å². The summed E-state index contributed by atoms with van der Waals surface area (Å²) in [4.78, 5) is 38.2. The van der Waals surface area contributed by atoms with Crippen LogP contribution in [0.25, 0.3) is 0 Å². The lowest BCUT2D eigenvalue weighted by molar-refractivity contribution is -0.144. The predicted octanol–water partition coefficient (Wildman–Crippen LogP) is 1.81. The number of carbonyl (C=O) groups is 3. The minimum atomic E-state index is -0.821. The number of carboxylic acids is 1. The van der Waals surface area contributed by atoms with Crippen LogP contribution in [0.3, 0.4) is 0 Å². The molecule has 2 aliphatic carbocycles. The number of para-hydroxylation sites is 2. The molecule has 0 aromatic heterocycles. The first-order chi connectivity index (χ1) is 13.0. The monoisotopic (exact) mass is 372 g/mol. The Morgan fingerprint density at radius 1 is 1.26 bits per heavy atom.